The lowest BCUT2D eigenvalue weighted by Gasteiger charge is -2.17. The summed E-state index contributed by atoms with van der Waals surface area (Å²) in [5, 5.41) is 4.07. The van der Waals surface area contributed by atoms with Crippen LogP contribution < -0.4 is 19.8 Å². The normalized spacial score (nSPS) is 14.3. The number of rotatable bonds is 4. The standard InChI is InChI=1S/C23H19N3O3/c27-23(25-24-12-16-6-9-21-22(10-16)29-15-28-21)17-7-8-18-13-26(14-19(18)11-17)20-4-2-1-3-5-20/h1-12H,13-15H2,(H,25,27)/b24-12+. The van der Waals surface area contributed by atoms with Crippen LogP contribution in [0.1, 0.15) is 27.0 Å². The molecule has 5 rings (SSSR count). The summed E-state index contributed by atoms with van der Waals surface area (Å²) in [4.78, 5) is 14.8. The van der Waals surface area contributed by atoms with Crippen molar-refractivity contribution in [3.8, 4) is 11.5 Å². The molecule has 0 atom stereocenters. The number of hydrogen-bond acceptors (Lipinski definition) is 5. The van der Waals surface area contributed by atoms with Crippen LogP contribution in [0.5, 0.6) is 11.5 Å². The minimum absolute atomic E-state index is 0.229. The van der Waals surface area contributed by atoms with Crippen LogP contribution in [0, 0.1) is 0 Å². The number of carbonyl (C=O) groups is 1. The Labute approximate surface area is 168 Å². The highest BCUT2D eigenvalue weighted by Gasteiger charge is 2.20. The van der Waals surface area contributed by atoms with Gasteiger partial charge in [-0.05, 0) is 59.2 Å². The minimum Gasteiger partial charge on any atom is -0.454 e. The zero-order valence-corrected chi connectivity index (χ0v) is 15.7. The van der Waals surface area contributed by atoms with Gasteiger partial charge < -0.3 is 14.4 Å². The van der Waals surface area contributed by atoms with Gasteiger partial charge in [0.05, 0.1) is 6.21 Å². The van der Waals surface area contributed by atoms with E-state index in [2.05, 4.69) is 27.6 Å². The zero-order valence-electron chi connectivity index (χ0n) is 15.7. The SMILES string of the molecule is O=C(N/N=C/c1ccc2c(c1)OCO2)c1ccc2c(c1)CN(c1ccccc1)C2. The third-order valence-electron chi connectivity index (χ3n) is 5.09. The molecule has 0 aromatic heterocycles. The highest BCUT2D eigenvalue weighted by Crippen LogP contribution is 2.32. The van der Waals surface area contributed by atoms with Crippen LogP contribution in [-0.2, 0) is 13.1 Å². The first-order chi connectivity index (χ1) is 14.3. The van der Waals surface area contributed by atoms with E-state index in [4.69, 9.17) is 9.47 Å². The minimum atomic E-state index is -0.233. The second kappa shape index (κ2) is 7.31. The van der Waals surface area contributed by atoms with Crippen LogP contribution in [0.25, 0.3) is 0 Å². The number of amides is 1. The van der Waals surface area contributed by atoms with Crippen LogP contribution in [0.3, 0.4) is 0 Å². The van der Waals surface area contributed by atoms with E-state index < -0.39 is 0 Å². The third-order valence-corrected chi connectivity index (χ3v) is 5.09. The Kier molecular flexibility index (Phi) is 4.37. The van der Waals surface area contributed by atoms with Crippen LogP contribution >= 0.6 is 0 Å². The van der Waals surface area contributed by atoms with Crippen molar-refractivity contribution >= 4 is 17.8 Å². The van der Waals surface area contributed by atoms with E-state index in [9.17, 15) is 4.79 Å². The van der Waals surface area contributed by atoms with Gasteiger partial charge in [-0.3, -0.25) is 4.79 Å². The van der Waals surface area contributed by atoms with E-state index in [0.29, 0.717) is 17.1 Å². The number of nitrogens with zero attached hydrogens (tertiary/aromatic N) is 2. The van der Waals surface area contributed by atoms with Crippen molar-refractivity contribution in [2.75, 3.05) is 11.7 Å². The number of para-hydroxylation sites is 1. The summed E-state index contributed by atoms with van der Waals surface area (Å²) in [6, 6.07) is 21.6. The van der Waals surface area contributed by atoms with Crippen molar-refractivity contribution in [2.45, 2.75) is 13.1 Å². The largest absolute Gasteiger partial charge is 0.454 e. The summed E-state index contributed by atoms with van der Waals surface area (Å²) in [5.74, 6) is 1.17. The van der Waals surface area contributed by atoms with Crippen molar-refractivity contribution in [3.05, 3.63) is 89.0 Å². The van der Waals surface area contributed by atoms with E-state index in [1.54, 1.807) is 6.21 Å². The fourth-order valence-corrected chi connectivity index (χ4v) is 3.58. The molecule has 0 fully saturated rings. The number of benzene rings is 3. The van der Waals surface area contributed by atoms with Crippen molar-refractivity contribution < 1.29 is 14.3 Å². The molecule has 2 aliphatic rings. The maximum atomic E-state index is 12.5. The topological polar surface area (TPSA) is 63.2 Å². The number of hydrogen-bond donors (Lipinski definition) is 1. The summed E-state index contributed by atoms with van der Waals surface area (Å²) in [6.07, 6.45) is 1.59. The highest BCUT2D eigenvalue weighted by molar-refractivity contribution is 5.95. The van der Waals surface area contributed by atoms with E-state index >= 15 is 0 Å². The highest BCUT2D eigenvalue weighted by atomic mass is 16.7. The van der Waals surface area contributed by atoms with Crippen LogP contribution in [0.15, 0.2) is 71.8 Å². The quantitative estimate of drug-likeness (QED) is 0.549. The molecule has 0 saturated carbocycles. The number of fused-ring (bicyclic) bond motifs is 2. The first-order valence-electron chi connectivity index (χ1n) is 9.41. The average molecular weight is 385 g/mol. The molecule has 0 aliphatic carbocycles. The maximum absolute atomic E-state index is 12.5. The van der Waals surface area contributed by atoms with Crippen molar-refractivity contribution in [1.82, 2.24) is 5.43 Å². The van der Waals surface area contributed by atoms with Gasteiger partial charge in [0.2, 0.25) is 6.79 Å². The molecule has 2 heterocycles. The average Bonchev–Trinajstić information content (AvgIpc) is 3.40. The molecule has 144 valence electrons. The van der Waals surface area contributed by atoms with E-state index in [-0.39, 0.29) is 12.7 Å². The number of nitrogens with one attached hydrogen (secondary N) is 1. The molecule has 3 aromatic carbocycles. The van der Waals surface area contributed by atoms with Crippen LogP contribution in [0.2, 0.25) is 0 Å². The van der Waals surface area contributed by atoms with Gasteiger partial charge in [-0.15, -0.1) is 0 Å². The molecule has 2 aliphatic heterocycles. The van der Waals surface area contributed by atoms with Gasteiger partial charge in [-0.25, -0.2) is 5.43 Å². The summed E-state index contributed by atoms with van der Waals surface area (Å²) in [7, 11) is 0. The summed E-state index contributed by atoms with van der Waals surface area (Å²) >= 11 is 0. The Balaban J connectivity index is 1.25. The number of hydrazone groups is 1. The zero-order chi connectivity index (χ0) is 19.6. The third kappa shape index (κ3) is 3.52. The summed E-state index contributed by atoms with van der Waals surface area (Å²) in [5.41, 5.74) is 7.61. The van der Waals surface area contributed by atoms with E-state index in [1.165, 1.54) is 16.8 Å². The molecule has 1 amide bonds. The van der Waals surface area contributed by atoms with Gasteiger partial charge in [0.1, 0.15) is 0 Å². The fourth-order valence-electron chi connectivity index (χ4n) is 3.58. The molecular weight excluding hydrogens is 366 g/mol. The first kappa shape index (κ1) is 17.3. The van der Waals surface area contributed by atoms with Gasteiger partial charge in [-0.2, -0.15) is 5.10 Å². The molecule has 1 N–H and O–H groups in total. The lowest BCUT2D eigenvalue weighted by atomic mass is 10.1. The number of ether oxygens (including phenoxy) is 2. The molecule has 0 saturated heterocycles. The molecule has 0 bridgehead atoms. The van der Waals surface area contributed by atoms with Crippen molar-refractivity contribution in [2.24, 2.45) is 5.10 Å². The number of anilines is 1. The molecule has 0 radical (unpaired) electrons. The van der Waals surface area contributed by atoms with E-state index in [1.807, 2.05) is 54.6 Å². The smallest absolute Gasteiger partial charge is 0.271 e. The predicted octanol–water partition coefficient (Wildman–Crippen LogP) is 3.70. The first-order valence-corrected chi connectivity index (χ1v) is 9.41. The lowest BCUT2D eigenvalue weighted by Crippen LogP contribution is -2.17. The van der Waals surface area contributed by atoms with E-state index in [0.717, 1.165) is 18.7 Å². The van der Waals surface area contributed by atoms with Gasteiger partial charge >= 0.3 is 0 Å². The predicted molar refractivity (Wildman–Crippen MR) is 110 cm³/mol. The van der Waals surface area contributed by atoms with Crippen molar-refractivity contribution in [1.29, 1.82) is 0 Å². The van der Waals surface area contributed by atoms with Gasteiger partial charge in [-0.1, -0.05) is 24.3 Å². The van der Waals surface area contributed by atoms with Crippen LogP contribution in [-0.4, -0.2) is 18.9 Å². The Bertz CT molecular complexity index is 1100. The fraction of sp³-hybridized carbons (Fsp3) is 0.130. The molecule has 0 unspecified atom stereocenters. The lowest BCUT2D eigenvalue weighted by molar-refractivity contribution is 0.0955. The molecule has 3 aromatic rings. The van der Waals surface area contributed by atoms with Gasteiger partial charge in [0.25, 0.3) is 5.91 Å². The Morgan fingerprint density at radius 3 is 2.66 bits per heavy atom. The molecule has 29 heavy (non-hydrogen) atoms. The summed E-state index contributed by atoms with van der Waals surface area (Å²) in [6.45, 7) is 1.87. The number of carbonyl (C=O) groups excluding carboxylic acids is 1. The molecule has 6 nitrogen and oxygen atoms in total. The second-order valence-electron chi connectivity index (χ2n) is 6.99. The monoisotopic (exact) mass is 385 g/mol. The van der Waals surface area contributed by atoms with Crippen LogP contribution in [0.4, 0.5) is 5.69 Å². The Morgan fingerprint density at radius 2 is 1.76 bits per heavy atom. The molecular formula is C23H19N3O3. The van der Waals surface area contributed by atoms with Gasteiger partial charge in [0.15, 0.2) is 11.5 Å². The maximum Gasteiger partial charge on any atom is 0.271 e. The summed E-state index contributed by atoms with van der Waals surface area (Å²) < 4.78 is 10.6. The Hall–Kier alpha value is -3.80. The van der Waals surface area contributed by atoms with Crippen molar-refractivity contribution in [3.63, 3.8) is 0 Å². The molecule has 6 heteroatoms. The molecule has 0 spiro atoms. The van der Waals surface area contributed by atoms with Gasteiger partial charge in [0, 0.05) is 24.3 Å². The second-order valence-corrected chi connectivity index (χ2v) is 6.99. The Morgan fingerprint density at radius 1 is 0.931 bits per heavy atom.